The third kappa shape index (κ3) is 4.43. The fourth-order valence-corrected chi connectivity index (χ4v) is 2.00. The van der Waals surface area contributed by atoms with Gasteiger partial charge >= 0.3 is 0 Å². The van der Waals surface area contributed by atoms with Gasteiger partial charge in [-0.25, -0.2) is 0 Å². The van der Waals surface area contributed by atoms with Crippen LogP contribution in [0.4, 0.5) is 0 Å². The average molecular weight is 202 g/mol. The van der Waals surface area contributed by atoms with Crippen molar-refractivity contribution >= 4 is 0 Å². The lowest BCUT2D eigenvalue weighted by atomic mass is 9.79. The molecule has 0 aromatic carbocycles. The van der Waals surface area contributed by atoms with Crippen molar-refractivity contribution in [3.63, 3.8) is 0 Å². The Morgan fingerprint density at radius 3 is 2.07 bits per heavy atom. The number of aliphatic hydroxyl groups is 2. The third-order valence-corrected chi connectivity index (χ3v) is 3.35. The molecule has 2 N–H and O–H groups in total. The van der Waals surface area contributed by atoms with E-state index in [4.69, 9.17) is 0 Å². The molecule has 0 saturated carbocycles. The highest BCUT2D eigenvalue weighted by molar-refractivity contribution is 4.73. The van der Waals surface area contributed by atoms with Crippen LogP contribution in [-0.4, -0.2) is 23.4 Å². The van der Waals surface area contributed by atoms with Gasteiger partial charge in [-0.1, -0.05) is 40.0 Å². The van der Waals surface area contributed by atoms with Crippen LogP contribution in [-0.2, 0) is 0 Å². The second kappa shape index (κ2) is 8.25. The third-order valence-electron chi connectivity index (χ3n) is 3.35. The summed E-state index contributed by atoms with van der Waals surface area (Å²) in [7, 11) is 0. The van der Waals surface area contributed by atoms with Crippen molar-refractivity contribution in [3.05, 3.63) is 0 Å². The minimum absolute atomic E-state index is 0.212. The quantitative estimate of drug-likeness (QED) is 0.634. The van der Waals surface area contributed by atoms with Crippen molar-refractivity contribution in [2.75, 3.05) is 13.2 Å². The molecule has 0 rings (SSSR count). The van der Waals surface area contributed by atoms with Crippen molar-refractivity contribution in [2.45, 2.75) is 46.5 Å². The van der Waals surface area contributed by atoms with Crippen molar-refractivity contribution < 1.29 is 10.2 Å². The van der Waals surface area contributed by atoms with Gasteiger partial charge in [0, 0.05) is 13.2 Å². The Morgan fingerprint density at radius 1 is 1.07 bits per heavy atom. The van der Waals surface area contributed by atoms with E-state index in [2.05, 4.69) is 20.8 Å². The summed E-state index contributed by atoms with van der Waals surface area (Å²) < 4.78 is 0. The topological polar surface area (TPSA) is 40.5 Å². The van der Waals surface area contributed by atoms with E-state index in [-0.39, 0.29) is 25.0 Å². The molecule has 0 aliphatic heterocycles. The summed E-state index contributed by atoms with van der Waals surface area (Å²) in [6.45, 7) is 6.89. The Morgan fingerprint density at radius 2 is 1.71 bits per heavy atom. The summed E-state index contributed by atoms with van der Waals surface area (Å²) in [6, 6.07) is 0. The van der Waals surface area contributed by atoms with Gasteiger partial charge in [-0.2, -0.15) is 0 Å². The minimum atomic E-state index is 0.212. The average Bonchev–Trinajstić information content (AvgIpc) is 2.23. The standard InChI is InChI=1S/C12H26O2/c1-4-6-7-11(8-13)12(9-14)10(3)5-2/h10-14H,4-9H2,1-3H3. The first-order valence-corrected chi connectivity index (χ1v) is 5.92. The van der Waals surface area contributed by atoms with Gasteiger partial charge in [-0.05, 0) is 24.2 Å². The van der Waals surface area contributed by atoms with Crippen LogP contribution >= 0.6 is 0 Å². The summed E-state index contributed by atoms with van der Waals surface area (Å²) in [5, 5.41) is 18.6. The number of hydrogen-bond donors (Lipinski definition) is 2. The van der Waals surface area contributed by atoms with E-state index >= 15 is 0 Å². The molecule has 0 radical (unpaired) electrons. The van der Waals surface area contributed by atoms with Crippen molar-refractivity contribution in [1.29, 1.82) is 0 Å². The summed E-state index contributed by atoms with van der Waals surface area (Å²) in [5.41, 5.74) is 0. The molecular weight excluding hydrogens is 176 g/mol. The zero-order valence-electron chi connectivity index (χ0n) is 9.87. The predicted octanol–water partition coefficient (Wildman–Crippen LogP) is 2.44. The van der Waals surface area contributed by atoms with E-state index in [0.717, 1.165) is 25.7 Å². The van der Waals surface area contributed by atoms with Gasteiger partial charge in [0.25, 0.3) is 0 Å². The van der Waals surface area contributed by atoms with Gasteiger partial charge in [0.05, 0.1) is 0 Å². The van der Waals surface area contributed by atoms with Gasteiger partial charge in [-0.15, -0.1) is 0 Å². The van der Waals surface area contributed by atoms with Crippen LogP contribution < -0.4 is 0 Å². The Bertz CT molecular complexity index is 125. The Labute approximate surface area is 88.3 Å². The summed E-state index contributed by atoms with van der Waals surface area (Å²) in [6.07, 6.45) is 4.43. The molecule has 86 valence electrons. The van der Waals surface area contributed by atoms with E-state index in [0.29, 0.717) is 5.92 Å². The van der Waals surface area contributed by atoms with Crippen molar-refractivity contribution in [1.82, 2.24) is 0 Å². The highest BCUT2D eigenvalue weighted by Gasteiger charge is 2.24. The fourth-order valence-electron chi connectivity index (χ4n) is 2.00. The first kappa shape index (κ1) is 13.9. The number of hydrogen-bond acceptors (Lipinski definition) is 2. The van der Waals surface area contributed by atoms with E-state index in [1.807, 2.05) is 0 Å². The fraction of sp³-hybridized carbons (Fsp3) is 1.00. The first-order valence-electron chi connectivity index (χ1n) is 5.92. The molecule has 0 aromatic heterocycles. The maximum Gasteiger partial charge on any atom is 0.0465 e. The van der Waals surface area contributed by atoms with Crippen LogP contribution in [0.15, 0.2) is 0 Å². The molecule has 0 aromatic rings. The maximum absolute atomic E-state index is 9.32. The number of aliphatic hydroxyl groups excluding tert-OH is 2. The zero-order chi connectivity index (χ0) is 11.0. The van der Waals surface area contributed by atoms with E-state index in [1.165, 1.54) is 0 Å². The second-order valence-corrected chi connectivity index (χ2v) is 4.32. The van der Waals surface area contributed by atoms with Crippen LogP contribution in [0.2, 0.25) is 0 Å². The molecule has 14 heavy (non-hydrogen) atoms. The van der Waals surface area contributed by atoms with Crippen LogP contribution in [0.25, 0.3) is 0 Å². The summed E-state index contributed by atoms with van der Waals surface area (Å²) in [4.78, 5) is 0. The van der Waals surface area contributed by atoms with Crippen LogP contribution in [0.1, 0.15) is 46.5 Å². The normalized spacial score (nSPS) is 17.8. The Kier molecular flexibility index (Phi) is 8.20. The molecule has 2 nitrogen and oxygen atoms in total. The lowest BCUT2D eigenvalue weighted by molar-refractivity contribution is 0.0769. The Balaban J connectivity index is 4.13. The molecule has 0 amide bonds. The van der Waals surface area contributed by atoms with Gasteiger partial charge < -0.3 is 10.2 Å². The molecule has 0 saturated heterocycles. The molecule has 3 unspecified atom stereocenters. The van der Waals surface area contributed by atoms with Gasteiger partial charge in [-0.3, -0.25) is 0 Å². The second-order valence-electron chi connectivity index (χ2n) is 4.32. The minimum Gasteiger partial charge on any atom is -0.396 e. The molecule has 0 spiro atoms. The smallest absolute Gasteiger partial charge is 0.0465 e. The molecule has 0 heterocycles. The maximum atomic E-state index is 9.32. The molecule has 0 aliphatic rings. The predicted molar refractivity (Wildman–Crippen MR) is 60.1 cm³/mol. The van der Waals surface area contributed by atoms with E-state index in [1.54, 1.807) is 0 Å². The first-order chi connectivity index (χ1) is 6.71. The van der Waals surface area contributed by atoms with Crippen LogP contribution in [0.3, 0.4) is 0 Å². The van der Waals surface area contributed by atoms with Crippen molar-refractivity contribution in [3.8, 4) is 0 Å². The Hall–Kier alpha value is -0.0800. The van der Waals surface area contributed by atoms with Crippen LogP contribution in [0, 0.1) is 17.8 Å². The van der Waals surface area contributed by atoms with E-state index in [9.17, 15) is 10.2 Å². The molecule has 3 atom stereocenters. The number of rotatable bonds is 8. The molecule has 0 bridgehead atoms. The van der Waals surface area contributed by atoms with E-state index < -0.39 is 0 Å². The van der Waals surface area contributed by atoms with Gasteiger partial charge in [0.15, 0.2) is 0 Å². The summed E-state index contributed by atoms with van der Waals surface area (Å²) >= 11 is 0. The highest BCUT2D eigenvalue weighted by Crippen LogP contribution is 2.26. The largest absolute Gasteiger partial charge is 0.396 e. The molecule has 0 aliphatic carbocycles. The molecule has 0 fully saturated rings. The lowest BCUT2D eigenvalue weighted by Crippen LogP contribution is -2.27. The monoisotopic (exact) mass is 202 g/mol. The SMILES string of the molecule is CCCCC(CO)C(CO)C(C)CC. The van der Waals surface area contributed by atoms with Crippen molar-refractivity contribution in [2.24, 2.45) is 17.8 Å². The van der Waals surface area contributed by atoms with Gasteiger partial charge in [0.1, 0.15) is 0 Å². The lowest BCUT2D eigenvalue weighted by Gasteiger charge is -2.28. The molecular formula is C12H26O2. The zero-order valence-corrected chi connectivity index (χ0v) is 9.87. The molecule has 2 heteroatoms. The number of unbranched alkanes of at least 4 members (excludes halogenated alkanes) is 1. The van der Waals surface area contributed by atoms with Crippen LogP contribution in [0.5, 0.6) is 0 Å². The highest BCUT2D eigenvalue weighted by atomic mass is 16.3. The van der Waals surface area contributed by atoms with Gasteiger partial charge in [0.2, 0.25) is 0 Å². The summed E-state index contributed by atoms with van der Waals surface area (Å²) in [5.74, 6) is 1.07.